The zero-order chi connectivity index (χ0) is 11.8. The van der Waals surface area contributed by atoms with Gasteiger partial charge in [0.25, 0.3) is 0 Å². The molecule has 1 unspecified atom stereocenters. The maximum absolute atomic E-state index is 9.01. The maximum atomic E-state index is 9.01. The molecule has 0 bridgehead atoms. The monoisotopic (exact) mass is 216 g/mol. The predicted octanol–water partition coefficient (Wildman–Crippen LogP) is 2.17. The number of nitrogens with one attached hydrogen (secondary N) is 1. The minimum absolute atomic E-state index is 0.283. The summed E-state index contributed by atoms with van der Waals surface area (Å²) in [6.45, 7) is 4.83. The highest BCUT2D eigenvalue weighted by atomic mass is 16.5. The summed E-state index contributed by atoms with van der Waals surface area (Å²) in [5, 5.41) is 12.1. The van der Waals surface area contributed by atoms with Crippen molar-refractivity contribution in [2.75, 3.05) is 13.7 Å². The first-order chi connectivity index (χ1) is 7.81. The van der Waals surface area contributed by atoms with Gasteiger partial charge in [-0.1, -0.05) is 30.3 Å². The predicted molar refractivity (Wildman–Crippen MR) is 63.7 cm³/mol. The van der Waals surface area contributed by atoms with Gasteiger partial charge in [0, 0.05) is 13.7 Å². The fourth-order valence-corrected chi connectivity index (χ4v) is 1.41. The summed E-state index contributed by atoms with van der Waals surface area (Å²) in [7, 11) is 1.66. The third kappa shape index (κ3) is 3.50. The van der Waals surface area contributed by atoms with Gasteiger partial charge in [0.2, 0.25) is 0 Å². The quantitative estimate of drug-likeness (QED) is 0.741. The van der Waals surface area contributed by atoms with Gasteiger partial charge >= 0.3 is 0 Å². The van der Waals surface area contributed by atoms with E-state index in [-0.39, 0.29) is 6.04 Å². The molecule has 1 rings (SSSR count). The molecular formula is C13H16N2O. The van der Waals surface area contributed by atoms with E-state index >= 15 is 0 Å². The van der Waals surface area contributed by atoms with E-state index < -0.39 is 0 Å². The molecule has 0 heterocycles. The first-order valence-electron chi connectivity index (χ1n) is 5.13. The summed E-state index contributed by atoms with van der Waals surface area (Å²) in [5.41, 5.74) is 2.07. The van der Waals surface area contributed by atoms with Gasteiger partial charge in [0.15, 0.2) is 0 Å². The van der Waals surface area contributed by atoms with Crippen molar-refractivity contribution in [2.24, 2.45) is 0 Å². The lowest BCUT2D eigenvalue weighted by molar-refractivity contribution is 0.185. The van der Waals surface area contributed by atoms with Crippen LogP contribution in [0.5, 0.6) is 0 Å². The van der Waals surface area contributed by atoms with E-state index in [1.807, 2.05) is 24.3 Å². The molecule has 1 N–H and O–H groups in total. The van der Waals surface area contributed by atoms with E-state index in [9.17, 15) is 0 Å². The normalized spacial score (nSPS) is 11.8. The van der Waals surface area contributed by atoms with Crippen LogP contribution in [-0.2, 0) is 11.3 Å². The van der Waals surface area contributed by atoms with Crippen molar-refractivity contribution in [3.05, 3.63) is 48.0 Å². The van der Waals surface area contributed by atoms with Crippen LogP contribution in [0.1, 0.15) is 17.2 Å². The molecule has 1 aromatic rings. The summed E-state index contributed by atoms with van der Waals surface area (Å²) < 4.78 is 5.03. The average Bonchev–Trinajstić information content (AvgIpc) is 2.32. The van der Waals surface area contributed by atoms with Crippen molar-refractivity contribution < 1.29 is 4.74 Å². The van der Waals surface area contributed by atoms with Crippen molar-refractivity contribution in [3.8, 4) is 6.07 Å². The molecule has 0 aliphatic carbocycles. The molecule has 0 saturated heterocycles. The van der Waals surface area contributed by atoms with Gasteiger partial charge < -0.3 is 4.74 Å². The SMILES string of the molecule is C=CCNC(C#N)c1ccc(COC)cc1. The van der Waals surface area contributed by atoms with Crippen LogP contribution >= 0.6 is 0 Å². The summed E-state index contributed by atoms with van der Waals surface area (Å²) in [6, 6.07) is 9.76. The molecule has 0 amide bonds. The van der Waals surface area contributed by atoms with Crippen LogP contribution in [0.25, 0.3) is 0 Å². The van der Waals surface area contributed by atoms with Crippen molar-refractivity contribution in [1.29, 1.82) is 5.26 Å². The maximum Gasteiger partial charge on any atom is 0.121 e. The molecule has 1 aromatic carbocycles. The van der Waals surface area contributed by atoms with E-state index in [0.717, 1.165) is 11.1 Å². The van der Waals surface area contributed by atoms with Crippen molar-refractivity contribution in [1.82, 2.24) is 5.32 Å². The Morgan fingerprint density at radius 3 is 2.69 bits per heavy atom. The fraction of sp³-hybridized carbons (Fsp3) is 0.308. The first-order valence-corrected chi connectivity index (χ1v) is 5.13. The minimum atomic E-state index is -0.283. The Labute approximate surface area is 96.4 Å². The topological polar surface area (TPSA) is 45.0 Å². The van der Waals surface area contributed by atoms with Crippen LogP contribution in [0.15, 0.2) is 36.9 Å². The van der Waals surface area contributed by atoms with Crippen LogP contribution in [0.3, 0.4) is 0 Å². The second-order valence-corrected chi connectivity index (χ2v) is 3.43. The van der Waals surface area contributed by atoms with E-state index in [4.69, 9.17) is 10.00 Å². The summed E-state index contributed by atoms with van der Waals surface area (Å²) in [5.74, 6) is 0. The molecular weight excluding hydrogens is 200 g/mol. The minimum Gasteiger partial charge on any atom is -0.380 e. The molecule has 0 aliphatic rings. The number of benzene rings is 1. The lowest BCUT2D eigenvalue weighted by atomic mass is 10.1. The molecule has 3 nitrogen and oxygen atoms in total. The number of ether oxygens (including phenoxy) is 1. The highest BCUT2D eigenvalue weighted by Gasteiger charge is 2.07. The Morgan fingerprint density at radius 1 is 1.50 bits per heavy atom. The van der Waals surface area contributed by atoms with Crippen LogP contribution in [-0.4, -0.2) is 13.7 Å². The number of nitrogens with zero attached hydrogens (tertiary/aromatic N) is 1. The standard InChI is InChI=1S/C13H16N2O/c1-3-8-15-13(9-14)12-6-4-11(5-7-12)10-16-2/h3-7,13,15H,1,8,10H2,2H3. The van der Waals surface area contributed by atoms with Crippen molar-refractivity contribution in [2.45, 2.75) is 12.6 Å². The summed E-state index contributed by atoms with van der Waals surface area (Å²) in [4.78, 5) is 0. The van der Waals surface area contributed by atoms with Crippen molar-refractivity contribution >= 4 is 0 Å². The number of hydrogen-bond acceptors (Lipinski definition) is 3. The molecule has 3 heteroatoms. The smallest absolute Gasteiger partial charge is 0.121 e. The summed E-state index contributed by atoms with van der Waals surface area (Å²) in [6.07, 6.45) is 1.74. The molecule has 84 valence electrons. The highest BCUT2D eigenvalue weighted by Crippen LogP contribution is 2.13. The van der Waals surface area contributed by atoms with Gasteiger partial charge in [0.05, 0.1) is 12.7 Å². The number of hydrogen-bond donors (Lipinski definition) is 1. The van der Waals surface area contributed by atoms with E-state index in [2.05, 4.69) is 18.0 Å². The van der Waals surface area contributed by atoms with E-state index in [1.165, 1.54) is 0 Å². The molecule has 0 spiro atoms. The van der Waals surface area contributed by atoms with Gasteiger partial charge in [0.1, 0.15) is 6.04 Å². The highest BCUT2D eigenvalue weighted by molar-refractivity contribution is 5.28. The Morgan fingerprint density at radius 2 is 2.19 bits per heavy atom. The Balaban J connectivity index is 2.71. The Kier molecular flexibility index (Phi) is 5.27. The van der Waals surface area contributed by atoms with E-state index in [1.54, 1.807) is 13.2 Å². The first kappa shape index (κ1) is 12.4. The Bertz CT molecular complexity index is 365. The molecule has 0 saturated carbocycles. The lowest BCUT2D eigenvalue weighted by Crippen LogP contribution is -2.19. The Hall–Kier alpha value is -1.63. The number of nitriles is 1. The van der Waals surface area contributed by atoms with Crippen LogP contribution in [0.4, 0.5) is 0 Å². The average molecular weight is 216 g/mol. The second kappa shape index (κ2) is 6.78. The zero-order valence-electron chi connectivity index (χ0n) is 9.44. The fourth-order valence-electron chi connectivity index (χ4n) is 1.41. The van der Waals surface area contributed by atoms with Crippen LogP contribution in [0, 0.1) is 11.3 Å². The van der Waals surface area contributed by atoms with Crippen LogP contribution in [0.2, 0.25) is 0 Å². The van der Waals surface area contributed by atoms with Gasteiger partial charge in [-0.15, -0.1) is 6.58 Å². The van der Waals surface area contributed by atoms with Gasteiger partial charge in [-0.2, -0.15) is 5.26 Å². The van der Waals surface area contributed by atoms with Gasteiger partial charge in [-0.3, -0.25) is 5.32 Å². The second-order valence-electron chi connectivity index (χ2n) is 3.43. The third-order valence-electron chi connectivity index (χ3n) is 2.22. The molecule has 1 atom stereocenters. The molecule has 0 radical (unpaired) electrons. The third-order valence-corrected chi connectivity index (χ3v) is 2.22. The number of methoxy groups -OCH3 is 1. The van der Waals surface area contributed by atoms with Crippen molar-refractivity contribution in [3.63, 3.8) is 0 Å². The zero-order valence-corrected chi connectivity index (χ0v) is 9.44. The summed E-state index contributed by atoms with van der Waals surface area (Å²) >= 11 is 0. The van der Waals surface area contributed by atoms with Gasteiger partial charge in [-0.05, 0) is 11.1 Å². The lowest BCUT2D eigenvalue weighted by Gasteiger charge is -2.10. The molecule has 0 fully saturated rings. The molecule has 16 heavy (non-hydrogen) atoms. The van der Waals surface area contributed by atoms with Gasteiger partial charge in [-0.25, -0.2) is 0 Å². The largest absolute Gasteiger partial charge is 0.380 e. The molecule has 0 aliphatic heterocycles. The van der Waals surface area contributed by atoms with Crippen LogP contribution < -0.4 is 5.32 Å². The molecule has 0 aromatic heterocycles. The van der Waals surface area contributed by atoms with E-state index in [0.29, 0.717) is 13.2 Å². The number of rotatable bonds is 6.